The molecule has 94 valence electrons. The maximum Gasteiger partial charge on any atom is 0.139 e. The standard InChI is InChI=1S/C12H20N4O/c13-15-12-2-1-11(7-14-12)8-16-5-3-10(9-17)4-6-16/h1-2,7,10,17H,3-6,8-9,13H2,(H,14,15). The normalized spacial score (nSPS) is 18.2. The number of nitrogens with one attached hydrogen (secondary N) is 1. The third-order valence-corrected chi connectivity index (χ3v) is 3.34. The van der Waals surface area contributed by atoms with Crippen LogP contribution in [0.5, 0.6) is 0 Å². The van der Waals surface area contributed by atoms with Crippen molar-refractivity contribution >= 4 is 5.82 Å². The Hall–Kier alpha value is -1.17. The number of hydrogen-bond donors (Lipinski definition) is 3. The Morgan fingerprint density at radius 1 is 1.41 bits per heavy atom. The predicted octanol–water partition coefficient (Wildman–Crippen LogP) is 0.571. The van der Waals surface area contributed by atoms with Gasteiger partial charge in [0.2, 0.25) is 0 Å². The first-order chi connectivity index (χ1) is 8.31. The molecule has 0 radical (unpaired) electrons. The molecule has 1 aliphatic rings. The van der Waals surface area contributed by atoms with Gasteiger partial charge in [-0.1, -0.05) is 6.07 Å². The maximum absolute atomic E-state index is 9.08. The van der Waals surface area contributed by atoms with Crippen molar-refractivity contribution in [1.29, 1.82) is 0 Å². The number of anilines is 1. The van der Waals surface area contributed by atoms with Crippen LogP contribution >= 0.6 is 0 Å². The van der Waals surface area contributed by atoms with Gasteiger partial charge in [0.25, 0.3) is 0 Å². The van der Waals surface area contributed by atoms with Crippen molar-refractivity contribution in [2.75, 3.05) is 25.1 Å². The first-order valence-corrected chi connectivity index (χ1v) is 6.06. The first kappa shape index (κ1) is 12.3. The van der Waals surface area contributed by atoms with Crippen molar-refractivity contribution < 1.29 is 5.11 Å². The third-order valence-electron chi connectivity index (χ3n) is 3.34. The minimum atomic E-state index is 0.326. The number of nitrogens with two attached hydrogens (primary N) is 1. The van der Waals surface area contributed by atoms with Crippen LogP contribution in [0.2, 0.25) is 0 Å². The molecule has 0 spiro atoms. The molecule has 0 atom stereocenters. The van der Waals surface area contributed by atoms with E-state index < -0.39 is 0 Å². The van der Waals surface area contributed by atoms with Crippen molar-refractivity contribution in [3.63, 3.8) is 0 Å². The van der Waals surface area contributed by atoms with Crippen molar-refractivity contribution in [2.45, 2.75) is 19.4 Å². The second-order valence-corrected chi connectivity index (χ2v) is 4.60. The molecular formula is C12H20N4O. The fourth-order valence-corrected chi connectivity index (χ4v) is 2.19. The number of hydrogen-bond acceptors (Lipinski definition) is 5. The monoisotopic (exact) mass is 236 g/mol. The van der Waals surface area contributed by atoms with Crippen molar-refractivity contribution in [3.05, 3.63) is 23.9 Å². The van der Waals surface area contributed by atoms with Crippen LogP contribution in [0.4, 0.5) is 5.82 Å². The Balaban J connectivity index is 1.84. The molecule has 0 aliphatic carbocycles. The zero-order valence-corrected chi connectivity index (χ0v) is 9.97. The highest BCUT2D eigenvalue weighted by Gasteiger charge is 2.18. The lowest BCUT2D eigenvalue weighted by atomic mass is 9.98. The number of aromatic nitrogens is 1. The smallest absolute Gasteiger partial charge is 0.139 e. The molecule has 0 unspecified atom stereocenters. The summed E-state index contributed by atoms with van der Waals surface area (Å²) in [5.74, 6) is 6.45. The number of likely N-dealkylation sites (tertiary alicyclic amines) is 1. The molecule has 5 nitrogen and oxygen atoms in total. The van der Waals surface area contributed by atoms with Gasteiger partial charge in [-0.25, -0.2) is 10.8 Å². The van der Waals surface area contributed by atoms with E-state index in [-0.39, 0.29) is 0 Å². The summed E-state index contributed by atoms with van der Waals surface area (Å²) in [6.45, 7) is 3.37. The van der Waals surface area contributed by atoms with E-state index in [4.69, 9.17) is 10.9 Å². The van der Waals surface area contributed by atoms with E-state index in [0.29, 0.717) is 18.3 Å². The topological polar surface area (TPSA) is 74.4 Å². The summed E-state index contributed by atoms with van der Waals surface area (Å²) in [4.78, 5) is 6.59. The second kappa shape index (κ2) is 5.95. The zero-order chi connectivity index (χ0) is 12.1. The van der Waals surface area contributed by atoms with Gasteiger partial charge in [0.1, 0.15) is 5.82 Å². The van der Waals surface area contributed by atoms with E-state index in [9.17, 15) is 0 Å². The van der Waals surface area contributed by atoms with Gasteiger partial charge < -0.3 is 10.5 Å². The van der Waals surface area contributed by atoms with Gasteiger partial charge in [0.15, 0.2) is 0 Å². The molecular weight excluding hydrogens is 216 g/mol. The first-order valence-electron chi connectivity index (χ1n) is 6.06. The number of rotatable bonds is 4. The van der Waals surface area contributed by atoms with Crippen LogP contribution in [-0.2, 0) is 6.54 Å². The molecule has 0 saturated carbocycles. The minimum Gasteiger partial charge on any atom is -0.396 e. The van der Waals surface area contributed by atoms with Crippen molar-refractivity contribution in [2.24, 2.45) is 11.8 Å². The molecule has 17 heavy (non-hydrogen) atoms. The van der Waals surface area contributed by atoms with Gasteiger partial charge in [0, 0.05) is 19.3 Å². The number of aliphatic hydroxyl groups is 1. The Kier molecular flexibility index (Phi) is 4.30. The highest BCUT2D eigenvalue weighted by atomic mass is 16.3. The van der Waals surface area contributed by atoms with Crippen molar-refractivity contribution in [3.8, 4) is 0 Å². The summed E-state index contributed by atoms with van der Waals surface area (Å²) in [7, 11) is 0. The van der Waals surface area contributed by atoms with E-state index in [2.05, 4.69) is 15.3 Å². The van der Waals surface area contributed by atoms with Crippen LogP contribution in [0.3, 0.4) is 0 Å². The molecule has 2 heterocycles. The molecule has 0 bridgehead atoms. The Morgan fingerprint density at radius 2 is 2.18 bits per heavy atom. The van der Waals surface area contributed by atoms with Gasteiger partial charge in [-0.05, 0) is 43.5 Å². The molecule has 1 saturated heterocycles. The lowest BCUT2D eigenvalue weighted by Crippen LogP contribution is -2.34. The average Bonchev–Trinajstić information content (AvgIpc) is 2.40. The van der Waals surface area contributed by atoms with E-state index in [1.54, 1.807) is 0 Å². The largest absolute Gasteiger partial charge is 0.396 e. The van der Waals surface area contributed by atoms with Gasteiger partial charge in [-0.2, -0.15) is 0 Å². The minimum absolute atomic E-state index is 0.326. The SMILES string of the molecule is NNc1ccc(CN2CCC(CO)CC2)cn1. The van der Waals surface area contributed by atoms with E-state index in [1.807, 2.05) is 18.3 Å². The van der Waals surface area contributed by atoms with E-state index in [1.165, 1.54) is 5.56 Å². The van der Waals surface area contributed by atoms with Crippen LogP contribution in [0, 0.1) is 5.92 Å². The molecule has 1 aliphatic heterocycles. The number of nitrogen functional groups attached to an aromatic ring is 1. The summed E-state index contributed by atoms with van der Waals surface area (Å²) < 4.78 is 0. The molecule has 0 aromatic carbocycles. The molecule has 0 amide bonds. The summed E-state index contributed by atoms with van der Waals surface area (Å²) in [5.41, 5.74) is 3.72. The molecule has 5 heteroatoms. The molecule has 1 fully saturated rings. The molecule has 2 rings (SSSR count). The van der Waals surface area contributed by atoms with Crippen LogP contribution in [0.1, 0.15) is 18.4 Å². The zero-order valence-electron chi connectivity index (χ0n) is 9.97. The fraction of sp³-hybridized carbons (Fsp3) is 0.583. The number of nitrogens with zero attached hydrogens (tertiary/aromatic N) is 2. The summed E-state index contributed by atoms with van der Waals surface area (Å²) >= 11 is 0. The highest BCUT2D eigenvalue weighted by Crippen LogP contribution is 2.18. The lowest BCUT2D eigenvalue weighted by molar-refractivity contribution is 0.127. The van der Waals surface area contributed by atoms with Crippen LogP contribution in [-0.4, -0.2) is 34.7 Å². The second-order valence-electron chi connectivity index (χ2n) is 4.60. The Labute approximate surface area is 102 Å². The number of aliphatic hydroxyl groups excluding tert-OH is 1. The summed E-state index contributed by atoms with van der Waals surface area (Å²) in [6.07, 6.45) is 4.03. The Morgan fingerprint density at radius 3 is 2.71 bits per heavy atom. The molecule has 4 N–H and O–H groups in total. The molecule has 1 aromatic heterocycles. The number of pyridine rings is 1. The van der Waals surface area contributed by atoms with Gasteiger partial charge in [0.05, 0.1) is 0 Å². The quantitative estimate of drug-likeness (QED) is 0.526. The summed E-state index contributed by atoms with van der Waals surface area (Å²) in [5, 5.41) is 9.08. The van der Waals surface area contributed by atoms with Crippen LogP contribution < -0.4 is 11.3 Å². The predicted molar refractivity (Wildman–Crippen MR) is 67.1 cm³/mol. The Bertz CT molecular complexity index is 333. The van der Waals surface area contributed by atoms with Crippen LogP contribution in [0.25, 0.3) is 0 Å². The fourth-order valence-electron chi connectivity index (χ4n) is 2.19. The van der Waals surface area contributed by atoms with Crippen molar-refractivity contribution in [1.82, 2.24) is 9.88 Å². The van der Waals surface area contributed by atoms with Gasteiger partial charge >= 0.3 is 0 Å². The van der Waals surface area contributed by atoms with E-state index in [0.717, 1.165) is 32.5 Å². The van der Waals surface area contributed by atoms with Crippen LogP contribution in [0.15, 0.2) is 18.3 Å². The van der Waals surface area contributed by atoms with E-state index >= 15 is 0 Å². The van der Waals surface area contributed by atoms with Gasteiger partial charge in [-0.15, -0.1) is 0 Å². The number of hydrazine groups is 1. The maximum atomic E-state index is 9.08. The highest BCUT2D eigenvalue weighted by molar-refractivity contribution is 5.33. The average molecular weight is 236 g/mol. The number of piperidine rings is 1. The van der Waals surface area contributed by atoms with Gasteiger partial charge in [-0.3, -0.25) is 4.90 Å². The molecule has 1 aromatic rings. The third kappa shape index (κ3) is 3.39. The summed E-state index contributed by atoms with van der Waals surface area (Å²) in [6, 6.07) is 3.93. The lowest BCUT2D eigenvalue weighted by Gasteiger charge is -2.30.